The van der Waals surface area contributed by atoms with Gasteiger partial charge in [0.05, 0.1) is 5.69 Å². The van der Waals surface area contributed by atoms with Crippen LogP contribution in [0.5, 0.6) is 0 Å². The number of nitrogens with zero attached hydrogens (tertiary/aromatic N) is 3. The Morgan fingerprint density at radius 3 is 2.84 bits per heavy atom. The molecule has 0 aliphatic carbocycles. The van der Waals surface area contributed by atoms with Gasteiger partial charge in [-0.05, 0) is 31.2 Å². The van der Waals surface area contributed by atoms with E-state index in [0.29, 0.717) is 0 Å². The van der Waals surface area contributed by atoms with Crippen LogP contribution in [0.3, 0.4) is 0 Å². The molecule has 3 rings (SSSR count). The summed E-state index contributed by atoms with van der Waals surface area (Å²) in [5.41, 5.74) is 4.04. The van der Waals surface area contributed by atoms with Crippen LogP contribution in [-0.4, -0.2) is 14.6 Å². The first-order valence-electron chi connectivity index (χ1n) is 6.01. The molecule has 0 amide bonds. The molecule has 0 unspecified atom stereocenters. The van der Waals surface area contributed by atoms with E-state index < -0.39 is 0 Å². The molecule has 2 aromatic heterocycles. The molecular formula is C14H13BrN4. The Labute approximate surface area is 119 Å². The smallest absolute Gasteiger partial charge is 0.155 e. The van der Waals surface area contributed by atoms with Gasteiger partial charge in [0.1, 0.15) is 0 Å². The predicted molar refractivity (Wildman–Crippen MR) is 79.2 cm³/mol. The maximum Gasteiger partial charge on any atom is 0.155 e. The fourth-order valence-electron chi connectivity index (χ4n) is 1.90. The maximum absolute atomic E-state index is 4.38. The molecule has 0 aliphatic heterocycles. The van der Waals surface area contributed by atoms with Crippen molar-refractivity contribution in [1.82, 2.24) is 14.6 Å². The van der Waals surface area contributed by atoms with Gasteiger partial charge >= 0.3 is 0 Å². The predicted octanol–water partition coefficient (Wildman–Crippen LogP) is 3.41. The molecule has 0 bridgehead atoms. The highest BCUT2D eigenvalue weighted by atomic mass is 79.9. The normalized spacial score (nSPS) is 10.8. The quantitative estimate of drug-likeness (QED) is 0.805. The van der Waals surface area contributed by atoms with Crippen LogP contribution in [0.1, 0.15) is 11.3 Å². The van der Waals surface area contributed by atoms with Crippen molar-refractivity contribution < 1.29 is 0 Å². The molecule has 0 spiro atoms. The summed E-state index contributed by atoms with van der Waals surface area (Å²) < 4.78 is 2.89. The largest absolute Gasteiger partial charge is 0.381 e. The SMILES string of the molecule is Cc1cc2ncc(CNc3ccc(Br)cc3)cn2n1. The lowest BCUT2D eigenvalue weighted by Crippen LogP contribution is -2.02. The second-order valence-electron chi connectivity index (χ2n) is 4.41. The highest BCUT2D eigenvalue weighted by Crippen LogP contribution is 2.15. The van der Waals surface area contributed by atoms with Crippen LogP contribution in [-0.2, 0) is 6.54 Å². The lowest BCUT2D eigenvalue weighted by Gasteiger charge is -2.06. The van der Waals surface area contributed by atoms with E-state index in [1.807, 2.05) is 54.2 Å². The molecule has 2 heterocycles. The molecule has 96 valence electrons. The van der Waals surface area contributed by atoms with E-state index in [4.69, 9.17) is 0 Å². The minimum Gasteiger partial charge on any atom is -0.381 e. The van der Waals surface area contributed by atoms with E-state index in [1.165, 1.54) is 0 Å². The summed E-state index contributed by atoms with van der Waals surface area (Å²) in [5, 5.41) is 7.72. The van der Waals surface area contributed by atoms with Crippen LogP contribution in [0.4, 0.5) is 5.69 Å². The average Bonchev–Trinajstić information content (AvgIpc) is 2.77. The molecule has 0 radical (unpaired) electrons. The lowest BCUT2D eigenvalue weighted by atomic mass is 10.3. The fraction of sp³-hybridized carbons (Fsp3) is 0.143. The number of halogens is 1. The van der Waals surface area contributed by atoms with Gasteiger partial charge in [0.15, 0.2) is 5.65 Å². The van der Waals surface area contributed by atoms with Crippen LogP contribution >= 0.6 is 15.9 Å². The Bertz CT molecular complexity index is 703. The Kier molecular flexibility index (Phi) is 3.21. The van der Waals surface area contributed by atoms with Crippen molar-refractivity contribution in [2.75, 3.05) is 5.32 Å². The van der Waals surface area contributed by atoms with E-state index in [-0.39, 0.29) is 0 Å². The zero-order valence-corrected chi connectivity index (χ0v) is 12.1. The third-order valence-electron chi connectivity index (χ3n) is 2.83. The zero-order chi connectivity index (χ0) is 13.2. The number of aromatic nitrogens is 3. The lowest BCUT2D eigenvalue weighted by molar-refractivity contribution is 0.895. The Balaban J connectivity index is 1.75. The highest BCUT2D eigenvalue weighted by molar-refractivity contribution is 9.10. The summed E-state index contributed by atoms with van der Waals surface area (Å²) in [7, 11) is 0. The third-order valence-corrected chi connectivity index (χ3v) is 3.36. The van der Waals surface area contributed by atoms with Gasteiger partial charge in [-0.15, -0.1) is 0 Å². The summed E-state index contributed by atoms with van der Waals surface area (Å²) in [5.74, 6) is 0. The molecule has 4 nitrogen and oxygen atoms in total. The van der Waals surface area contributed by atoms with Crippen molar-refractivity contribution in [3.05, 3.63) is 58.5 Å². The standard InChI is InChI=1S/C14H13BrN4/c1-10-6-14-17-8-11(9-19(14)18-10)7-16-13-4-2-12(15)3-5-13/h2-6,8-9,16H,7H2,1H3. The monoisotopic (exact) mass is 316 g/mol. The molecule has 1 N–H and O–H groups in total. The van der Waals surface area contributed by atoms with Crippen LogP contribution in [0, 0.1) is 6.92 Å². The first-order chi connectivity index (χ1) is 9.20. The van der Waals surface area contributed by atoms with Crippen LogP contribution < -0.4 is 5.32 Å². The van der Waals surface area contributed by atoms with Crippen molar-refractivity contribution in [2.24, 2.45) is 0 Å². The van der Waals surface area contributed by atoms with Crippen LogP contribution in [0.15, 0.2) is 47.2 Å². The summed E-state index contributed by atoms with van der Waals surface area (Å²) in [4.78, 5) is 4.38. The molecule has 0 atom stereocenters. The van der Waals surface area contributed by atoms with Crippen molar-refractivity contribution >= 4 is 27.3 Å². The van der Waals surface area contributed by atoms with Crippen molar-refractivity contribution in [3.8, 4) is 0 Å². The molecule has 19 heavy (non-hydrogen) atoms. The summed E-state index contributed by atoms with van der Waals surface area (Å²) in [6.45, 7) is 2.69. The molecule has 1 aromatic carbocycles. The number of hydrogen-bond donors (Lipinski definition) is 1. The van der Waals surface area contributed by atoms with E-state index in [9.17, 15) is 0 Å². The molecule has 0 saturated heterocycles. The first-order valence-corrected chi connectivity index (χ1v) is 6.80. The molecule has 0 saturated carbocycles. The number of rotatable bonds is 3. The number of fused-ring (bicyclic) bond motifs is 1. The summed E-state index contributed by atoms with van der Waals surface area (Å²) in [6.07, 6.45) is 3.88. The molecule has 3 aromatic rings. The Morgan fingerprint density at radius 1 is 1.26 bits per heavy atom. The van der Waals surface area contributed by atoms with Gasteiger partial charge in [0.2, 0.25) is 0 Å². The number of nitrogens with one attached hydrogen (secondary N) is 1. The van der Waals surface area contributed by atoms with Crippen molar-refractivity contribution in [1.29, 1.82) is 0 Å². The number of hydrogen-bond acceptors (Lipinski definition) is 3. The maximum atomic E-state index is 4.38. The van der Waals surface area contributed by atoms with E-state index in [2.05, 4.69) is 31.3 Å². The van der Waals surface area contributed by atoms with Gasteiger partial charge in [-0.3, -0.25) is 0 Å². The summed E-state index contributed by atoms with van der Waals surface area (Å²) >= 11 is 3.42. The minimum absolute atomic E-state index is 0.726. The minimum atomic E-state index is 0.726. The van der Waals surface area contributed by atoms with E-state index >= 15 is 0 Å². The van der Waals surface area contributed by atoms with Gasteiger partial charge in [0, 0.05) is 40.7 Å². The van der Waals surface area contributed by atoms with Gasteiger partial charge in [-0.2, -0.15) is 5.10 Å². The van der Waals surface area contributed by atoms with Crippen molar-refractivity contribution in [3.63, 3.8) is 0 Å². The van der Waals surface area contributed by atoms with E-state index in [1.54, 1.807) is 0 Å². The fourth-order valence-corrected chi connectivity index (χ4v) is 2.16. The van der Waals surface area contributed by atoms with E-state index in [0.717, 1.165) is 33.6 Å². The third kappa shape index (κ3) is 2.76. The van der Waals surface area contributed by atoms with Gasteiger partial charge in [-0.25, -0.2) is 9.50 Å². The second kappa shape index (κ2) is 5.01. The molecular weight excluding hydrogens is 304 g/mol. The van der Waals surface area contributed by atoms with Gasteiger partial charge < -0.3 is 5.32 Å². The van der Waals surface area contributed by atoms with Gasteiger partial charge in [-0.1, -0.05) is 15.9 Å². The Hall–Kier alpha value is -1.88. The average molecular weight is 317 g/mol. The Morgan fingerprint density at radius 2 is 2.05 bits per heavy atom. The van der Waals surface area contributed by atoms with Crippen molar-refractivity contribution in [2.45, 2.75) is 13.5 Å². The van der Waals surface area contributed by atoms with Gasteiger partial charge in [0.25, 0.3) is 0 Å². The summed E-state index contributed by atoms with van der Waals surface area (Å²) in [6, 6.07) is 10.1. The molecule has 0 fully saturated rings. The first kappa shape index (κ1) is 12.2. The number of anilines is 1. The number of aryl methyl sites for hydroxylation is 1. The van der Waals surface area contributed by atoms with Crippen LogP contribution in [0.2, 0.25) is 0 Å². The molecule has 0 aliphatic rings. The zero-order valence-electron chi connectivity index (χ0n) is 10.5. The topological polar surface area (TPSA) is 42.2 Å². The second-order valence-corrected chi connectivity index (χ2v) is 5.33. The van der Waals surface area contributed by atoms with Crippen LogP contribution in [0.25, 0.3) is 5.65 Å². The highest BCUT2D eigenvalue weighted by Gasteiger charge is 2.01. The number of benzene rings is 1. The molecule has 5 heteroatoms.